The molecule has 0 aromatic carbocycles. The zero-order valence-electron chi connectivity index (χ0n) is 11.2. The van der Waals surface area contributed by atoms with E-state index in [-0.39, 0.29) is 11.8 Å². The first kappa shape index (κ1) is 13.6. The molecule has 6 nitrogen and oxygen atoms in total. The van der Waals surface area contributed by atoms with Gasteiger partial charge in [-0.1, -0.05) is 6.92 Å². The van der Waals surface area contributed by atoms with Crippen molar-refractivity contribution in [3.05, 3.63) is 12.4 Å². The zero-order valence-corrected chi connectivity index (χ0v) is 11.2. The monoisotopic (exact) mass is 265 g/mol. The van der Waals surface area contributed by atoms with Crippen LogP contribution in [0.3, 0.4) is 0 Å². The highest BCUT2D eigenvalue weighted by Crippen LogP contribution is 2.37. The predicted octanol–water partition coefficient (Wildman–Crippen LogP) is 1.59. The number of aliphatic carboxylic acids is 1. The molecule has 1 heterocycles. The second kappa shape index (κ2) is 5.42. The summed E-state index contributed by atoms with van der Waals surface area (Å²) in [5.41, 5.74) is 0.621. The molecule has 1 aliphatic carbocycles. The summed E-state index contributed by atoms with van der Waals surface area (Å²) < 4.78 is 1.71. The summed E-state index contributed by atoms with van der Waals surface area (Å²) in [7, 11) is 0. The Morgan fingerprint density at radius 3 is 2.74 bits per heavy atom. The molecule has 2 rings (SSSR count). The standard InChI is InChI=1S/C13H19N3O3/c1-3-16-7-9(6-14-16)15-12(17)10-4-8(2)5-11(10)13(18)19/h6-8,10-11H,3-5H2,1-2H3,(H,15,17)(H,18,19)/t8?,10-,11+/m0/s1. The third-order valence-corrected chi connectivity index (χ3v) is 3.68. The van der Waals surface area contributed by atoms with Gasteiger partial charge in [-0.15, -0.1) is 0 Å². The lowest BCUT2D eigenvalue weighted by molar-refractivity contribution is -0.145. The van der Waals surface area contributed by atoms with Gasteiger partial charge in [-0.2, -0.15) is 5.10 Å². The van der Waals surface area contributed by atoms with E-state index in [4.69, 9.17) is 5.11 Å². The van der Waals surface area contributed by atoms with Gasteiger partial charge in [-0.3, -0.25) is 14.3 Å². The summed E-state index contributed by atoms with van der Waals surface area (Å²) in [6.07, 6.45) is 4.52. The van der Waals surface area contributed by atoms with E-state index in [1.807, 2.05) is 13.8 Å². The third kappa shape index (κ3) is 2.94. The molecule has 1 saturated carbocycles. The van der Waals surface area contributed by atoms with Gasteiger partial charge < -0.3 is 10.4 Å². The number of rotatable bonds is 4. The van der Waals surface area contributed by atoms with Crippen molar-refractivity contribution in [2.45, 2.75) is 33.2 Å². The smallest absolute Gasteiger partial charge is 0.307 e. The summed E-state index contributed by atoms with van der Waals surface area (Å²) in [6.45, 7) is 4.67. The molecule has 1 unspecified atom stereocenters. The lowest BCUT2D eigenvalue weighted by atomic mass is 9.95. The van der Waals surface area contributed by atoms with E-state index in [1.165, 1.54) is 0 Å². The van der Waals surface area contributed by atoms with Crippen molar-refractivity contribution in [1.82, 2.24) is 9.78 Å². The number of carbonyl (C=O) groups excluding carboxylic acids is 1. The summed E-state index contributed by atoms with van der Waals surface area (Å²) >= 11 is 0. The predicted molar refractivity (Wildman–Crippen MR) is 69.5 cm³/mol. The second-order valence-electron chi connectivity index (χ2n) is 5.20. The van der Waals surface area contributed by atoms with E-state index in [1.54, 1.807) is 17.1 Å². The second-order valence-corrected chi connectivity index (χ2v) is 5.20. The molecule has 0 bridgehead atoms. The van der Waals surface area contributed by atoms with Gasteiger partial charge in [-0.25, -0.2) is 0 Å². The minimum atomic E-state index is -0.881. The average Bonchev–Trinajstić information content (AvgIpc) is 2.95. The first-order valence-corrected chi connectivity index (χ1v) is 6.57. The first-order valence-electron chi connectivity index (χ1n) is 6.57. The summed E-state index contributed by atoms with van der Waals surface area (Å²) in [6, 6.07) is 0. The number of nitrogens with one attached hydrogen (secondary N) is 1. The number of hydrogen-bond donors (Lipinski definition) is 2. The van der Waals surface area contributed by atoms with Crippen LogP contribution in [-0.2, 0) is 16.1 Å². The molecule has 6 heteroatoms. The molecule has 19 heavy (non-hydrogen) atoms. The molecule has 1 aliphatic rings. The van der Waals surface area contributed by atoms with Gasteiger partial charge in [0.15, 0.2) is 0 Å². The molecule has 0 spiro atoms. The maximum atomic E-state index is 12.2. The maximum Gasteiger partial charge on any atom is 0.307 e. The van der Waals surface area contributed by atoms with Crippen molar-refractivity contribution in [2.75, 3.05) is 5.32 Å². The van der Waals surface area contributed by atoms with Gasteiger partial charge in [-0.05, 0) is 25.7 Å². The van der Waals surface area contributed by atoms with Crippen LogP contribution >= 0.6 is 0 Å². The molecule has 104 valence electrons. The third-order valence-electron chi connectivity index (χ3n) is 3.68. The van der Waals surface area contributed by atoms with E-state index < -0.39 is 17.8 Å². The van der Waals surface area contributed by atoms with Gasteiger partial charge >= 0.3 is 5.97 Å². The van der Waals surface area contributed by atoms with E-state index in [0.29, 0.717) is 18.5 Å². The van der Waals surface area contributed by atoms with Crippen LogP contribution in [0.15, 0.2) is 12.4 Å². The number of carbonyl (C=O) groups is 2. The first-order chi connectivity index (χ1) is 9.01. The fourth-order valence-corrected chi connectivity index (χ4v) is 2.69. The quantitative estimate of drug-likeness (QED) is 0.865. The Kier molecular flexibility index (Phi) is 3.87. The Morgan fingerprint density at radius 2 is 2.16 bits per heavy atom. The number of carboxylic acids is 1. The van der Waals surface area contributed by atoms with Crippen molar-refractivity contribution in [1.29, 1.82) is 0 Å². The van der Waals surface area contributed by atoms with Crippen LogP contribution in [0, 0.1) is 17.8 Å². The number of amides is 1. The van der Waals surface area contributed by atoms with Gasteiger partial charge in [0.05, 0.1) is 23.7 Å². The topological polar surface area (TPSA) is 84.2 Å². The number of aromatic nitrogens is 2. The molecule has 1 aromatic heterocycles. The highest BCUT2D eigenvalue weighted by molar-refractivity contribution is 5.95. The van der Waals surface area contributed by atoms with Crippen molar-refractivity contribution in [3.63, 3.8) is 0 Å². The Bertz CT molecular complexity index is 483. The molecule has 0 radical (unpaired) electrons. The SMILES string of the molecule is CCn1cc(NC(=O)[C@H]2CC(C)C[C@H]2C(=O)O)cn1. The van der Waals surface area contributed by atoms with Crippen molar-refractivity contribution >= 4 is 17.6 Å². The van der Waals surface area contributed by atoms with E-state index in [2.05, 4.69) is 10.4 Å². The highest BCUT2D eigenvalue weighted by atomic mass is 16.4. The van der Waals surface area contributed by atoms with Crippen LogP contribution < -0.4 is 5.32 Å². The molecule has 1 amide bonds. The van der Waals surface area contributed by atoms with Crippen LogP contribution in [0.4, 0.5) is 5.69 Å². The fraction of sp³-hybridized carbons (Fsp3) is 0.615. The number of nitrogens with zero attached hydrogens (tertiary/aromatic N) is 2. The number of hydrogen-bond acceptors (Lipinski definition) is 3. The molecule has 2 N–H and O–H groups in total. The lowest BCUT2D eigenvalue weighted by Gasteiger charge is -2.14. The van der Waals surface area contributed by atoms with Crippen LogP contribution in [0.2, 0.25) is 0 Å². The molecule has 1 fully saturated rings. The molecular weight excluding hydrogens is 246 g/mol. The van der Waals surface area contributed by atoms with Crippen LogP contribution in [-0.4, -0.2) is 26.8 Å². The summed E-state index contributed by atoms with van der Waals surface area (Å²) in [5, 5.41) is 16.0. The normalized spacial score (nSPS) is 26.3. The highest BCUT2D eigenvalue weighted by Gasteiger charge is 2.41. The summed E-state index contributed by atoms with van der Waals surface area (Å²) in [5.74, 6) is -1.84. The lowest BCUT2D eigenvalue weighted by Crippen LogP contribution is -2.29. The Labute approximate surface area is 111 Å². The van der Waals surface area contributed by atoms with Gasteiger partial charge in [0.2, 0.25) is 5.91 Å². The molecule has 0 saturated heterocycles. The molecular formula is C13H19N3O3. The van der Waals surface area contributed by atoms with Crippen LogP contribution in [0.1, 0.15) is 26.7 Å². The Hall–Kier alpha value is -1.85. The maximum absolute atomic E-state index is 12.2. The van der Waals surface area contributed by atoms with E-state index in [9.17, 15) is 9.59 Å². The van der Waals surface area contributed by atoms with Gasteiger partial charge in [0.25, 0.3) is 0 Å². The Morgan fingerprint density at radius 1 is 1.47 bits per heavy atom. The van der Waals surface area contributed by atoms with E-state index >= 15 is 0 Å². The minimum Gasteiger partial charge on any atom is -0.481 e. The number of anilines is 1. The van der Waals surface area contributed by atoms with Crippen LogP contribution in [0.25, 0.3) is 0 Å². The molecule has 3 atom stereocenters. The minimum absolute atomic E-state index is 0.215. The largest absolute Gasteiger partial charge is 0.481 e. The van der Waals surface area contributed by atoms with Crippen molar-refractivity contribution in [2.24, 2.45) is 17.8 Å². The number of carboxylic acid groups (broad SMARTS) is 1. The average molecular weight is 265 g/mol. The van der Waals surface area contributed by atoms with Gasteiger partial charge in [0.1, 0.15) is 0 Å². The zero-order chi connectivity index (χ0) is 14.0. The molecule has 1 aromatic rings. The van der Waals surface area contributed by atoms with Crippen molar-refractivity contribution in [3.8, 4) is 0 Å². The van der Waals surface area contributed by atoms with E-state index in [0.717, 1.165) is 6.54 Å². The molecule has 0 aliphatic heterocycles. The number of aryl methyl sites for hydroxylation is 1. The van der Waals surface area contributed by atoms with Gasteiger partial charge in [0, 0.05) is 12.7 Å². The summed E-state index contributed by atoms with van der Waals surface area (Å²) in [4.78, 5) is 23.3. The van der Waals surface area contributed by atoms with Crippen LogP contribution in [0.5, 0.6) is 0 Å². The van der Waals surface area contributed by atoms with Crippen molar-refractivity contribution < 1.29 is 14.7 Å². The fourth-order valence-electron chi connectivity index (χ4n) is 2.69. The Balaban J connectivity index is 2.04.